The first-order valence-electron chi connectivity index (χ1n) is 35.2. The van der Waals surface area contributed by atoms with Crippen molar-refractivity contribution >= 4 is 82.0 Å². The van der Waals surface area contributed by atoms with E-state index in [-0.39, 0.29) is 86.9 Å². The van der Waals surface area contributed by atoms with Crippen molar-refractivity contribution in [1.82, 2.24) is 61.2 Å². The standard InChI is InChI=1S/C73H90N16O14S/c1-42(2)64(71(98)87-38-52(90)32-57(87)69(96)77-44(5)48-15-17-49(18-16-48)66-45(6)76-41-104-66)59-34-61(83-103-59)101-31-30-84-26-23-46(24-27-84)35-85-28-29-86-51(36-85)37-89(67-56(86)33-55(81-82-67)53-10-7-8-12-58(53)91)73(100)102-40-47-13-19-50(20-14-47)78-68(95)54(11-9-25-75-72(74)99)79-70(97)65(43(3)4)80-60(92)39-88-62(93)21-22-63(88)94/h7-8,10,12-22,33-34,41-44,46,51-52,54,57,64-65,90-91H,9,11,23-32,35-40H2,1-6H3,(H,77,96)(H,78,95)(H,79,97)(H,80,92)(H3,74,75,99)/t44-,51+,52+,54-,57-,64+,65-/m0/s1. The van der Waals surface area contributed by atoms with E-state index in [1.54, 1.807) is 79.8 Å². The van der Waals surface area contributed by atoms with Gasteiger partial charge in [0.25, 0.3) is 17.7 Å². The van der Waals surface area contributed by atoms with E-state index in [9.17, 15) is 53.4 Å². The number of hydrogen-bond acceptors (Lipinski definition) is 22. The summed E-state index contributed by atoms with van der Waals surface area (Å²) in [7, 11) is 0. The van der Waals surface area contributed by atoms with E-state index in [1.807, 2.05) is 63.5 Å². The molecule has 31 heteroatoms. The Morgan fingerprint density at radius 3 is 2.25 bits per heavy atom. The third-order valence-corrected chi connectivity index (χ3v) is 20.6. The number of aliphatic hydroxyl groups excluding tert-OH is 1. The molecule has 0 bridgehead atoms. The summed E-state index contributed by atoms with van der Waals surface area (Å²) < 4.78 is 17.9. The molecule has 3 aromatic carbocycles. The number of piperazine rings is 1. The first kappa shape index (κ1) is 74.8. The summed E-state index contributed by atoms with van der Waals surface area (Å²) in [5.41, 5.74) is 12.5. The number of hydrogen-bond donors (Lipinski definition) is 8. The Hall–Kier alpha value is -10.4. The van der Waals surface area contributed by atoms with Gasteiger partial charge in [0.1, 0.15) is 49.6 Å². The Balaban J connectivity index is 0.659. The minimum absolute atomic E-state index is 0.0111. The molecule has 3 fully saturated rings. The van der Waals surface area contributed by atoms with Crippen molar-refractivity contribution in [3.8, 4) is 33.3 Å². The number of imide groups is 1. The van der Waals surface area contributed by atoms with Crippen LogP contribution in [0.3, 0.4) is 0 Å². The molecule has 5 aliphatic rings. The van der Waals surface area contributed by atoms with Crippen molar-refractivity contribution in [1.29, 1.82) is 0 Å². The van der Waals surface area contributed by atoms with Crippen molar-refractivity contribution in [2.24, 2.45) is 23.5 Å². The van der Waals surface area contributed by atoms with Gasteiger partial charge in [0.05, 0.1) is 52.2 Å². The molecule has 0 radical (unpaired) electrons. The predicted molar refractivity (Wildman–Crippen MR) is 384 cm³/mol. The number of amides is 10. The quantitative estimate of drug-likeness (QED) is 0.0230. The number of phenols is 1. The van der Waals surface area contributed by atoms with Crippen LogP contribution in [0, 0.1) is 24.7 Å². The van der Waals surface area contributed by atoms with E-state index in [0.717, 1.165) is 77.8 Å². The summed E-state index contributed by atoms with van der Waals surface area (Å²) in [5.74, 6) is -4.22. The minimum atomic E-state index is -1.16. The number of nitrogens with two attached hydrogens (primary N) is 1. The maximum Gasteiger partial charge on any atom is 0.415 e. The van der Waals surface area contributed by atoms with Crippen molar-refractivity contribution in [3.63, 3.8) is 0 Å². The topological polar surface area (TPSA) is 383 Å². The zero-order chi connectivity index (χ0) is 73.9. The Morgan fingerprint density at radius 2 is 1.56 bits per heavy atom. The maximum atomic E-state index is 14.4. The first-order valence-corrected chi connectivity index (χ1v) is 36.1. The number of β-amino-alcohol motifs (C(OH)–C–C–N with tert-alkyl or cyclic N) is 1. The lowest BCUT2D eigenvalue weighted by Gasteiger charge is -2.48. The number of fused-ring (bicyclic) bond motifs is 3. The Morgan fingerprint density at radius 1 is 0.817 bits per heavy atom. The van der Waals surface area contributed by atoms with Crippen molar-refractivity contribution in [2.45, 2.75) is 122 Å². The number of para-hydroxylation sites is 1. The number of rotatable bonds is 28. The molecular weight excluding hydrogens is 1360 g/mol. The fourth-order valence-electron chi connectivity index (χ4n) is 13.9. The number of ether oxygens (including phenoxy) is 2. The third kappa shape index (κ3) is 18.3. The fraction of sp³-hybridized carbons (Fsp3) is 0.466. The van der Waals surface area contributed by atoms with Gasteiger partial charge in [-0.05, 0) is 123 Å². The van der Waals surface area contributed by atoms with Crippen LogP contribution in [0.2, 0.25) is 0 Å². The molecule has 552 valence electrons. The number of aliphatic hydroxyl groups is 1. The summed E-state index contributed by atoms with van der Waals surface area (Å²) >= 11 is 1.57. The number of benzene rings is 3. The van der Waals surface area contributed by atoms with Gasteiger partial charge in [-0.3, -0.25) is 53.2 Å². The van der Waals surface area contributed by atoms with Crippen molar-refractivity contribution < 1.29 is 67.4 Å². The largest absolute Gasteiger partial charge is 0.507 e. The van der Waals surface area contributed by atoms with Crippen LogP contribution in [0.4, 0.5) is 26.8 Å². The van der Waals surface area contributed by atoms with E-state index in [1.165, 1.54) is 9.80 Å². The van der Waals surface area contributed by atoms with Gasteiger partial charge >= 0.3 is 12.1 Å². The maximum absolute atomic E-state index is 14.4. The molecule has 11 rings (SSSR count). The highest BCUT2D eigenvalue weighted by molar-refractivity contribution is 7.13. The van der Waals surface area contributed by atoms with Crippen LogP contribution in [0.1, 0.15) is 101 Å². The molecule has 3 aromatic heterocycles. The number of likely N-dealkylation sites (tertiary alicyclic amines) is 2. The van der Waals surface area contributed by atoms with Crippen LogP contribution in [0.25, 0.3) is 21.7 Å². The summed E-state index contributed by atoms with van der Waals surface area (Å²) in [6.07, 6.45) is 2.88. The number of thiazole rings is 1. The number of carbonyl (C=O) groups is 9. The minimum Gasteiger partial charge on any atom is -0.507 e. The summed E-state index contributed by atoms with van der Waals surface area (Å²) in [5, 5.41) is 48.5. The molecule has 104 heavy (non-hydrogen) atoms. The lowest BCUT2D eigenvalue weighted by Crippen LogP contribution is -2.61. The van der Waals surface area contributed by atoms with E-state index in [2.05, 4.69) is 61.6 Å². The van der Waals surface area contributed by atoms with Gasteiger partial charge < -0.3 is 66.3 Å². The lowest BCUT2D eigenvalue weighted by atomic mass is 9.91. The van der Waals surface area contributed by atoms with Crippen LogP contribution in [-0.2, 0) is 44.9 Å². The highest BCUT2D eigenvalue weighted by Crippen LogP contribution is 2.40. The van der Waals surface area contributed by atoms with Crippen molar-refractivity contribution in [2.75, 3.05) is 93.7 Å². The van der Waals surface area contributed by atoms with Gasteiger partial charge in [0, 0.05) is 81.7 Å². The number of aromatic hydroxyl groups is 1. The molecule has 9 N–H and O–H groups in total. The molecule has 30 nitrogen and oxygen atoms in total. The molecule has 0 unspecified atom stereocenters. The second-order valence-electron chi connectivity index (χ2n) is 27.7. The molecule has 10 amide bonds. The first-order chi connectivity index (χ1) is 49.9. The number of anilines is 3. The molecule has 7 atom stereocenters. The van der Waals surface area contributed by atoms with E-state index >= 15 is 0 Å². The average molecular weight is 1450 g/mol. The van der Waals surface area contributed by atoms with E-state index < -0.39 is 84.3 Å². The Labute approximate surface area is 606 Å². The number of aryl methyl sites for hydroxylation is 1. The zero-order valence-corrected chi connectivity index (χ0v) is 59.9. The van der Waals surface area contributed by atoms with Gasteiger partial charge in [-0.15, -0.1) is 21.5 Å². The number of aromatic nitrogens is 4. The molecular formula is C73H90N16O14S. The molecule has 5 aliphatic heterocycles. The molecule has 3 saturated heterocycles. The van der Waals surface area contributed by atoms with E-state index in [0.29, 0.717) is 71.9 Å². The van der Waals surface area contributed by atoms with E-state index in [4.69, 9.17) is 19.7 Å². The fourth-order valence-corrected chi connectivity index (χ4v) is 14.7. The normalized spacial score (nSPS) is 18.9. The van der Waals surface area contributed by atoms with Crippen LogP contribution in [0.15, 0.2) is 107 Å². The highest BCUT2D eigenvalue weighted by atomic mass is 32.1. The van der Waals surface area contributed by atoms with Crippen LogP contribution in [-0.4, -0.2) is 212 Å². The molecule has 6 aromatic rings. The molecule has 0 spiro atoms. The molecule has 0 saturated carbocycles. The van der Waals surface area contributed by atoms with Gasteiger partial charge in [-0.1, -0.05) is 76.2 Å². The number of phenolic OH excluding ortho intramolecular Hbond substituents is 1. The Bertz CT molecular complexity index is 4110. The lowest BCUT2D eigenvalue weighted by molar-refractivity contribution is -0.141. The predicted octanol–water partition coefficient (Wildman–Crippen LogP) is 5.22. The number of carbonyl (C=O) groups excluding carboxylic acids is 9. The SMILES string of the molecule is Cc1ncsc1-c1ccc([C@H](C)NC(=O)[C@@H]2C[C@@H](O)CN2C(=O)[C@@H](c2cc(OCCN3CCC(CN4CCN5c6cc(-c7ccccc7O)nnc6N(C(=O)OCc6ccc(NC(=O)[C@H](CCCNC(N)=O)NC(=O)[C@@H](NC(=O)CN7C(=O)C=CC7=O)C(C)C)cc6)C[C@H]5C4)CC3)no2)C(C)C)cc1. The monoisotopic (exact) mass is 1450 g/mol. The van der Waals surface area contributed by atoms with Crippen molar-refractivity contribution in [3.05, 3.63) is 125 Å². The van der Waals surface area contributed by atoms with Gasteiger partial charge in [-0.25, -0.2) is 14.6 Å². The van der Waals surface area contributed by atoms with Crippen LogP contribution >= 0.6 is 11.3 Å². The number of nitrogens with zero attached hydrogens (tertiary/aromatic N) is 10. The summed E-state index contributed by atoms with van der Waals surface area (Å²) in [6.45, 7) is 16.2. The second kappa shape index (κ2) is 33.8. The highest BCUT2D eigenvalue weighted by Gasteiger charge is 2.45. The van der Waals surface area contributed by atoms with Gasteiger partial charge in [0.2, 0.25) is 29.5 Å². The number of piperidine rings is 1. The molecule has 0 aliphatic carbocycles. The number of primary amides is 1. The summed E-state index contributed by atoms with van der Waals surface area (Å²) in [4.78, 5) is 135. The smallest absolute Gasteiger partial charge is 0.415 e. The van der Waals surface area contributed by atoms with Gasteiger partial charge in [-0.2, -0.15) is 0 Å². The van der Waals surface area contributed by atoms with Crippen LogP contribution in [0.5, 0.6) is 11.6 Å². The zero-order valence-electron chi connectivity index (χ0n) is 59.1. The second-order valence-corrected chi connectivity index (χ2v) is 28.6. The third-order valence-electron chi connectivity index (χ3n) is 19.6. The average Bonchev–Trinajstić information content (AvgIpc) is 0.901. The summed E-state index contributed by atoms with van der Waals surface area (Å²) in [6, 6.07) is 20.4. The van der Waals surface area contributed by atoms with Crippen LogP contribution < -0.4 is 46.9 Å². The van der Waals surface area contributed by atoms with Gasteiger partial charge in [0.15, 0.2) is 11.6 Å². The number of urea groups is 1. The molecule has 8 heterocycles. The Kier molecular flexibility index (Phi) is 24.3. The number of nitrogens with one attached hydrogen (secondary N) is 5.